The molecule has 0 saturated heterocycles. The number of carbonyl (C=O) groups is 1. The van der Waals surface area contributed by atoms with Crippen molar-refractivity contribution in [2.24, 2.45) is 0 Å². The first-order valence-corrected chi connectivity index (χ1v) is 8.15. The molecule has 0 bridgehead atoms. The summed E-state index contributed by atoms with van der Waals surface area (Å²) in [6.07, 6.45) is 6.29. The first-order chi connectivity index (χ1) is 12.3. The highest BCUT2D eigenvalue weighted by atomic mass is 16.5. The lowest BCUT2D eigenvalue weighted by atomic mass is 10.0. The number of nitrogens with one attached hydrogen (secondary N) is 1. The Labute approximate surface area is 144 Å². The molecule has 2 aromatic heterocycles. The van der Waals surface area contributed by atoms with Crippen LogP contribution in [0.5, 0.6) is 5.75 Å². The highest BCUT2D eigenvalue weighted by Crippen LogP contribution is 2.31. The Hall–Kier alpha value is -3.22. The molecule has 0 spiro atoms. The molecular weight excluding hydrogens is 318 g/mol. The third-order valence-corrected chi connectivity index (χ3v) is 4.16. The number of hydrogen-bond donors (Lipinski definition) is 1. The van der Waals surface area contributed by atoms with Crippen molar-refractivity contribution in [1.29, 1.82) is 0 Å². The van der Waals surface area contributed by atoms with Crippen LogP contribution in [0.15, 0.2) is 55.2 Å². The third-order valence-electron chi connectivity index (χ3n) is 4.16. The van der Waals surface area contributed by atoms with Crippen molar-refractivity contribution in [1.82, 2.24) is 25.1 Å². The quantitative estimate of drug-likeness (QED) is 0.794. The van der Waals surface area contributed by atoms with Gasteiger partial charge in [-0.3, -0.25) is 4.79 Å². The Balaban J connectivity index is 1.57. The predicted molar refractivity (Wildman–Crippen MR) is 90.5 cm³/mol. The number of ether oxygens (including phenoxy) is 1. The summed E-state index contributed by atoms with van der Waals surface area (Å²) >= 11 is 0. The fraction of sp³-hybridized carbons (Fsp3) is 0.222. The molecule has 1 N–H and O–H groups in total. The van der Waals surface area contributed by atoms with Crippen LogP contribution in [0.4, 0.5) is 0 Å². The summed E-state index contributed by atoms with van der Waals surface area (Å²) in [6.45, 7) is 0.662. The van der Waals surface area contributed by atoms with Gasteiger partial charge in [0.15, 0.2) is 5.82 Å². The van der Waals surface area contributed by atoms with Gasteiger partial charge in [-0.25, -0.2) is 14.6 Å². The van der Waals surface area contributed by atoms with Crippen LogP contribution >= 0.6 is 0 Å². The number of pyridine rings is 1. The lowest BCUT2D eigenvalue weighted by Gasteiger charge is -2.18. The van der Waals surface area contributed by atoms with Crippen molar-refractivity contribution in [3.8, 4) is 11.6 Å². The number of aromatic nitrogens is 4. The third kappa shape index (κ3) is 3.21. The van der Waals surface area contributed by atoms with Gasteiger partial charge in [-0.15, -0.1) is 0 Å². The van der Waals surface area contributed by atoms with Crippen LogP contribution in [0.25, 0.3) is 5.82 Å². The molecule has 0 saturated carbocycles. The van der Waals surface area contributed by atoms with Crippen molar-refractivity contribution in [3.63, 3.8) is 0 Å². The molecule has 25 heavy (non-hydrogen) atoms. The monoisotopic (exact) mass is 335 g/mol. The normalized spacial score (nSPS) is 16.4. The van der Waals surface area contributed by atoms with Gasteiger partial charge in [0.1, 0.15) is 18.4 Å². The van der Waals surface area contributed by atoms with E-state index < -0.39 is 0 Å². The first kappa shape index (κ1) is 15.3. The lowest BCUT2D eigenvalue weighted by molar-refractivity contribution is 0.0934. The molecule has 0 unspecified atom stereocenters. The Morgan fingerprint density at radius 3 is 3.08 bits per heavy atom. The second-order valence-electron chi connectivity index (χ2n) is 5.80. The van der Waals surface area contributed by atoms with Gasteiger partial charge in [0.2, 0.25) is 0 Å². The van der Waals surface area contributed by atoms with Crippen LogP contribution < -0.4 is 10.1 Å². The number of rotatable bonds is 3. The number of fused-ring (bicyclic) bond motifs is 1. The zero-order valence-electron chi connectivity index (χ0n) is 13.5. The molecule has 0 radical (unpaired) electrons. The minimum atomic E-state index is -0.148. The van der Waals surface area contributed by atoms with Crippen LogP contribution in [0, 0.1) is 0 Å². The summed E-state index contributed by atoms with van der Waals surface area (Å²) in [5.74, 6) is 1.24. The standard InChI is InChI=1S/C18H17N5O2/c24-18(13-7-8-20-17(10-13)23-12-19-11-21-23)22-15-5-3-9-25-16-6-2-1-4-14(15)16/h1-2,4,6-8,10-12,15H,3,5,9H2,(H,22,24)/t15-/m1/s1. The summed E-state index contributed by atoms with van der Waals surface area (Å²) in [4.78, 5) is 20.9. The molecule has 126 valence electrons. The van der Waals surface area contributed by atoms with Crippen LogP contribution in [-0.2, 0) is 0 Å². The maximum absolute atomic E-state index is 12.7. The molecule has 0 fully saturated rings. The molecule has 3 aromatic rings. The smallest absolute Gasteiger partial charge is 0.251 e. The van der Waals surface area contributed by atoms with Gasteiger partial charge in [0.05, 0.1) is 12.6 Å². The number of amides is 1. The molecule has 3 heterocycles. The molecule has 1 aliphatic rings. The summed E-state index contributed by atoms with van der Waals surface area (Å²) in [5, 5.41) is 7.15. The van der Waals surface area contributed by atoms with Crippen LogP contribution in [0.3, 0.4) is 0 Å². The van der Waals surface area contributed by atoms with Crippen molar-refractivity contribution in [2.75, 3.05) is 6.61 Å². The molecule has 1 atom stereocenters. The second kappa shape index (κ2) is 6.72. The van der Waals surface area contributed by atoms with Crippen molar-refractivity contribution < 1.29 is 9.53 Å². The summed E-state index contributed by atoms with van der Waals surface area (Å²) in [6, 6.07) is 11.2. The molecule has 1 amide bonds. The number of carbonyl (C=O) groups excluding carboxylic acids is 1. The SMILES string of the molecule is O=C(N[C@@H]1CCCOc2ccccc21)c1ccnc(-n2cncn2)c1. The number of nitrogens with zero attached hydrogens (tertiary/aromatic N) is 4. The van der Waals surface area contributed by atoms with E-state index in [1.807, 2.05) is 24.3 Å². The minimum Gasteiger partial charge on any atom is -0.493 e. The average molecular weight is 335 g/mol. The highest BCUT2D eigenvalue weighted by Gasteiger charge is 2.22. The Bertz CT molecular complexity index is 879. The van der Waals surface area contributed by atoms with E-state index in [0.717, 1.165) is 24.2 Å². The van der Waals surface area contributed by atoms with Crippen LogP contribution in [0.2, 0.25) is 0 Å². The van der Waals surface area contributed by atoms with Gasteiger partial charge in [-0.1, -0.05) is 18.2 Å². The van der Waals surface area contributed by atoms with E-state index >= 15 is 0 Å². The van der Waals surface area contributed by atoms with Crippen LogP contribution in [0.1, 0.15) is 34.8 Å². The highest BCUT2D eigenvalue weighted by molar-refractivity contribution is 5.94. The molecule has 7 heteroatoms. The Kier molecular flexibility index (Phi) is 4.12. The Morgan fingerprint density at radius 1 is 1.28 bits per heavy atom. The molecule has 7 nitrogen and oxygen atoms in total. The molecule has 1 aliphatic heterocycles. The minimum absolute atomic E-state index is 0.0748. The van der Waals surface area contributed by atoms with Gasteiger partial charge in [0.25, 0.3) is 5.91 Å². The van der Waals surface area contributed by atoms with E-state index in [2.05, 4.69) is 20.4 Å². The van der Waals surface area contributed by atoms with E-state index in [1.165, 1.54) is 11.0 Å². The largest absolute Gasteiger partial charge is 0.493 e. The van der Waals surface area contributed by atoms with Crippen LogP contribution in [-0.4, -0.2) is 32.3 Å². The van der Waals surface area contributed by atoms with E-state index in [0.29, 0.717) is 18.0 Å². The topological polar surface area (TPSA) is 81.9 Å². The number of para-hydroxylation sites is 1. The maximum Gasteiger partial charge on any atom is 0.251 e. The fourth-order valence-corrected chi connectivity index (χ4v) is 2.93. The first-order valence-electron chi connectivity index (χ1n) is 8.15. The van der Waals surface area contributed by atoms with E-state index in [1.54, 1.807) is 24.7 Å². The summed E-state index contributed by atoms with van der Waals surface area (Å²) in [5.41, 5.74) is 1.54. The Morgan fingerprint density at radius 2 is 2.20 bits per heavy atom. The van der Waals surface area contributed by atoms with E-state index in [9.17, 15) is 4.79 Å². The number of hydrogen-bond acceptors (Lipinski definition) is 5. The zero-order valence-corrected chi connectivity index (χ0v) is 13.5. The van der Waals surface area contributed by atoms with Gasteiger partial charge in [-0.05, 0) is 31.0 Å². The van der Waals surface area contributed by atoms with Gasteiger partial charge in [0, 0.05) is 17.3 Å². The average Bonchev–Trinajstić information content (AvgIpc) is 3.12. The number of benzene rings is 1. The molecule has 1 aromatic carbocycles. The van der Waals surface area contributed by atoms with Gasteiger partial charge in [-0.2, -0.15) is 5.10 Å². The maximum atomic E-state index is 12.7. The molecule has 0 aliphatic carbocycles. The van der Waals surface area contributed by atoms with Crippen molar-refractivity contribution in [3.05, 3.63) is 66.4 Å². The van der Waals surface area contributed by atoms with Gasteiger partial charge >= 0.3 is 0 Å². The zero-order chi connectivity index (χ0) is 17.1. The molecular formula is C18H17N5O2. The lowest BCUT2D eigenvalue weighted by Crippen LogP contribution is -2.28. The van der Waals surface area contributed by atoms with Gasteiger partial charge < -0.3 is 10.1 Å². The van der Waals surface area contributed by atoms with E-state index in [4.69, 9.17) is 4.74 Å². The fourth-order valence-electron chi connectivity index (χ4n) is 2.93. The second-order valence-corrected chi connectivity index (χ2v) is 5.80. The van der Waals surface area contributed by atoms with Crippen molar-refractivity contribution >= 4 is 5.91 Å². The summed E-state index contributed by atoms with van der Waals surface area (Å²) in [7, 11) is 0. The van der Waals surface area contributed by atoms with Crippen molar-refractivity contribution in [2.45, 2.75) is 18.9 Å². The summed E-state index contributed by atoms with van der Waals surface area (Å²) < 4.78 is 7.27. The molecule has 4 rings (SSSR count). The van der Waals surface area contributed by atoms with E-state index in [-0.39, 0.29) is 11.9 Å². The predicted octanol–water partition coefficient (Wildman–Crippen LogP) is 2.31.